The molecule has 0 aliphatic carbocycles. The second kappa shape index (κ2) is 7.31. The third kappa shape index (κ3) is 3.88. The molecule has 2 aromatic heterocycles. The molecule has 2 heterocycles. The van der Waals surface area contributed by atoms with E-state index in [0.29, 0.717) is 23.7 Å². The molecule has 0 radical (unpaired) electrons. The molecule has 0 aliphatic heterocycles. The number of nitrogens with one attached hydrogen (secondary N) is 1. The van der Waals surface area contributed by atoms with Gasteiger partial charge in [0.1, 0.15) is 0 Å². The average Bonchev–Trinajstić information content (AvgIpc) is 2.95. The highest BCUT2D eigenvalue weighted by molar-refractivity contribution is 5.58. The van der Waals surface area contributed by atoms with Crippen LogP contribution >= 0.6 is 0 Å². The lowest BCUT2D eigenvalue weighted by atomic mass is 10.0. The van der Waals surface area contributed by atoms with Crippen molar-refractivity contribution in [3.63, 3.8) is 0 Å². The van der Waals surface area contributed by atoms with Crippen LogP contribution in [0.25, 0.3) is 11.4 Å². The van der Waals surface area contributed by atoms with Gasteiger partial charge in [-0.2, -0.15) is 4.98 Å². The molecule has 2 rings (SSSR count). The van der Waals surface area contributed by atoms with Crippen LogP contribution < -0.4 is 5.32 Å². The lowest BCUT2D eigenvalue weighted by Gasteiger charge is -2.19. The predicted molar refractivity (Wildman–Crippen MR) is 82.9 cm³/mol. The van der Waals surface area contributed by atoms with E-state index in [1.54, 1.807) is 6.20 Å². The average molecular weight is 288 g/mol. The van der Waals surface area contributed by atoms with E-state index in [2.05, 4.69) is 48.1 Å². The van der Waals surface area contributed by atoms with E-state index in [-0.39, 0.29) is 0 Å². The van der Waals surface area contributed by atoms with Gasteiger partial charge in [0.15, 0.2) is 0 Å². The molecule has 0 saturated heterocycles. The van der Waals surface area contributed by atoms with E-state index >= 15 is 0 Å². The number of hydrogen-bond donors (Lipinski definition) is 1. The minimum Gasteiger partial charge on any atom is -0.339 e. The number of hydrogen-bond acceptors (Lipinski definition) is 5. The first kappa shape index (κ1) is 15.6. The van der Waals surface area contributed by atoms with Gasteiger partial charge < -0.3 is 9.84 Å². The van der Waals surface area contributed by atoms with Crippen molar-refractivity contribution >= 4 is 0 Å². The molecule has 0 bridgehead atoms. The molecule has 0 spiro atoms. The molecular weight excluding hydrogens is 264 g/mol. The molecule has 0 aliphatic rings. The Kier molecular flexibility index (Phi) is 5.44. The Morgan fingerprint density at radius 1 is 1.29 bits per heavy atom. The molecule has 0 aromatic carbocycles. The zero-order chi connectivity index (χ0) is 15.2. The number of aryl methyl sites for hydroxylation is 1. The Bertz CT molecular complexity index is 565. The first-order valence-electron chi connectivity index (χ1n) is 7.64. The molecule has 0 amide bonds. The summed E-state index contributed by atoms with van der Waals surface area (Å²) in [4.78, 5) is 8.70. The summed E-state index contributed by atoms with van der Waals surface area (Å²) < 4.78 is 5.42. The van der Waals surface area contributed by atoms with Gasteiger partial charge in [-0.15, -0.1) is 0 Å². The summed E-state index contributed by atoms with van der Waals surface area (Å²) in [6.45, 7) is 9.54. The van der Waals surface area contributed by atoms with Gasteiger partial charge in [-0.3, -0.25) is 4.98 Å². The predicted octanol–water partition coefficient (Wildman–Crippen LogP) is 2.87. The highest BCUT2D eigenvalue weighted by Crippen LogP contribution is 2.21. The Hall–Kier alpha value is -1.75. The summed E-state index contributed by atoms with van der Waals surface area (Å²) >= 11 is 0. The summed E-state index contributed by atoms with van der Waals surface area (Å²) in [5, 5.41) is 7.59. The van der Waals surface area contributed by atoms with Gasteiger partial charge in [-0.25, -0.2) is 0 Å². The van der Waals surface area contributed by atoms with Crippen LogP contribution in [0.2, 0.25) is 0 Å². The highest BCUT2D eigenvalue weighted by Gasteiger charge is 2.18. The second-order valence-electron chi connectivity index (χ2n) is 5.51. The smallest absolute Gasteiger partial charge is 0.228 e. The summed E-state index contributed by atoms with van der Waals surface area (Å²) in [5.41, 5.74) is 2.14. The number of aromatic nitrogens is 3. The maximum absolute atomic E-state index is 5.42. The van der Waals surface area contributed by atoms with Crippen LogP contribution in [-0.2, 0) is 12.8 Å². The van der Waals surface area contributed by atoms with Crippen LogP contribution in [0.5, 0.6) is 0 Å². The van der Waals surface area contributed by atoms with E-state index < -0.39 is 0 Å². The molecule has 5 nitrogen and oxygen atoms in total. The fourth-order valence-electron chi connectivity index (χ4n) is 2.37. The highest BCUT2D eigenvalue weighted by atomic mass is 16.5. The van der Waals surface area contributed by atoms with Gasteiger partial charge in [-0.1, -0.05) is 32.9 Å². The SMILES string of the molecule is CCNC(Cc1nc(-c2ccncc2CC)no1)C(C)C. The van der Waals surface area contributed by atoms with Crippen molar-refractivity contribution in [1.29, 1.82) is 0 Å². The van der Waals surface area contributed by atoms with Gasteiger partial charge in [0.25, 0.3) is 0 Å². The minimum absolute atomic E-state index is 0.353. The Morgan fingerprint density at radius 3 is 2.76 bits per heavy atom. The topological polar surface area (TPSA) is 63.8 Å². The number of nitrogens with zero attached hydrogens (tertiary/aromatic N) is 3. The molecule has 2 aromatic rings. The molecule has 1 unspecified atom stereocenters. The minimum atomic E-state index is 0.353. The lowest BCUT2D eigenvalue weighted by Crippen LogP contribution is -2.35. The zero-order valence-corrected chi connectivity index (χ0v) is 13.3. The standard InChI is InChI=1S/C16H24N4O/c1-5-12-10-17-8-7-13(12)16-19-15(21-20-16)9-14(11(3)4)18-6-2/h7-8,10-11,14,18H,5-6,9H2,1-4H3. The van der Waals surface area contributed by atoms with Crippen LogP contribution in [-0.4, -0.2) is 27.7 Å². The molecule has 1 N–H and O–H groups in total. The fraction of sp³-hybridized carbons (Fsp3) is 0.562. The van der Waals surface area contributed by atoms with E-state index in [1.807, 2.05) is 12.3 Å². The van der Waals surface area contributed by atoms with Gasteiger partial charge in [-0.05, 0) is 30.5 Å². The van der Waals surface area contributed by atoms with E-state index in [0.717, 1.165) is 30.5 Å². The van der Waals surface area contributed by atoms with Crippen molar-refractivity contribution in [3.8, 4) is 11.4 Å². The monoisotopic (exact) mass is 288 g/mol. The van der Waals surface area contributed by atoms with Crippen molar-refractivity contribution in [1.82, 2.24) is 20.4 Å². The van der Waals surface area contributed by atoms with Gasteiger partial charge in [0.05, 0.1) is 0 Å². The molecule has 21 heavy (non-hydrogen) atoms. The largest absolute Gasteiger partial charge is 0.339 e. The van der Waals surface area contributed by atoms with Crippen molar-refractivity contribution in [2.24, 2.45) is 5.92 Å². The molecule has 0 fully saturated rings. The quantitative estimate of drug-likeness (QED) is 0.848. The maximum Gasteiger partial charge on any atom is 0.228 e. The zero-order valence-electron chi connectivity index (χ0n) is 13.3. The van der Waals surface area contributed by atoms with Crippen LogP contribution in [0.4, 0.5) is 0 Å². The Morgan fingerprint density at radius 2 is 2.10 bits per heavy atom. The van der Waals surface area contributed by atoms with Crippen LogP contribution in [0.3, 0.4) is 0 Å². The van der Waals surface area contributed by atoms with E-state index in [9.17, 15) is 0 Å². The van der Waals surface area contributed by atoms with Crippen LogP contribution in [0.15, 0.2) is 23.0 Å². The van der Waals surface area contributed by atoms with Gasteiger partial charge in [0.2, 0.25) is 11.7 Å². The maximum atomic E-state index is 5.42. The Balaban J connectivity index is 2.17. The fourth-order valence-corrected chi connectivity index (χ4v) is 2.37. The van der Waals surface area contributed by atoms with Gasteiger partial charge in [0, 0.05) is 30.4 Å². The second-order valence-corrected chi connectivity index (χ2v) is 5.51. The first-order chi connectivity index (χ1) is 10.2. The van der Waals surface area contributed by atoms with E-state index in [1.165, 1.54) is 0 Å². The summed E-state index contributed by atoms with van der Waals surface area (Å²) in [6, 6.07) is 2.30. The summed E-state index contributed by atoms with van der Waals surface area (Å²) in [6.07, 6.45) is 5.28. The first-order valence-corrected chi connectivity index (χ1v) is 7.64. The number of rotatable bonds is 7. The number of pyridine rings is 1. The lowest BCUT2D eigenvalue weighted by molar-refractivity contribution is 0.329. The van der Waals surface area contributed by atoms with Crippen LogP contribution in [0.1, 0.15) is 39.1 Å². The van der Waals surface area contributed by atoms with E-state index in [4.69, 9.17) is 4.52 Å². The molecule has 1 atom stereocenters. The third-order valence-corrected chi connectivity index (χ3v) is 3.66. The van der Waals surface area contributed by atoms with Gasteiger partial charge >= 0.3 is 0 Å². The number of likely N-dealkylation sites (N-methyl/N-ethyl adjacent to an activating group) is 1. The third-order valence-electron chi connectivity index (χ3n) is 3.66. The normalized spacial score (nSPS) is 12.8. The van der Waals surface area contributed by atoms with Crippen molar-refractivity contribution in [2.45, 2.75) is 46.6 Å². The molecule has 114 valence electrons. The van der Waals surface area contributed by atoms with Crippen molar-refractivity contribution in [3.05, 3.63) is 29.9 Å². The Labute approximate surface area is 126 Å². The molecule has 0 saturated carbocycles. The summed E-state index contributed by atoms with van der Waals surface area (Å²) in [7, 11) is 0. The van der Waals surface area contributed by atoms with Crippen molar-refractivity contribution < 1.29 is 4.52 Å². The molecule has 5 heteroatoms. The van der Waals surface area contributed by atoms with Crippen molar-refractivity contribution in [2.75, 3.05) is 6.54 Å². The molecular formula is C16H24N4O. The van der Waals surface area contributed by atoms with Crippen LogP contribution in [0, 0.1) is 5.92 Å². The summed E-state index contributed by atoms with van der Waals surface area (Å²) in [5.74, 6) is 1.86.